The maximum Gasteiger partial charge on any atom is 0.131 e. The molecule has 0 aliphatic carbocycles. The number of rotatable bonds is 5. The Morgan fingerprint density at radius 3 is 2.72 bits per heavy atom. The van der Waals surface area contributed by atoms with Crippen LogP contribution in [0.15, 0.2) is 0 Å². The van der Waals surface area contributed by atoms with Gasteiger partial charge in [-0.2, -0.15) is 5.26 Å². The molecule has 102 valence electrons. The van der Waals surface area contributed by atoms with E-state index in [1.54, 1.807) is 6.92 Å². The molecule has 1 unspecified atom stereocenters. The summed E-state index contributed by atoms with van der Waals surface area (Å²) >= 11 is 0. The second kappa shape index (κ2) is 6.89. The Hall–Kier alpha value is -0.880. The molecule has 0 aromatic heterocycles. The van der Waals surface area contributed by atoms with E-state index >= 15 is 0 Å². The van der Waals surface area contributed by atoms with Gasteiger partial charge < -0.3 is 0 Å². The number of nitriles is 1. The predicted octanol–water partition coefficient (Wildman–Crippen LogP) is 3.15. The molecule has 0 bridgehead atoms. The molecule has 0 radical (unpaired) electrons. The Bertz CT molecular complexity index is 317. The molecule has 0 aromatic rings. The van der Waals surface area contributed by atoms with Gasteiger partial charge in [-0.25, -0.2) is 0 Å². The molecule has 18 heavy (non-hydrogen) atoms. The van der Waals surface area contributed by atoms with E-state index in [9.17, 15) is 4.79 Å². The Morgan fingerprint density at radius 1 is 1.39 bits per heavy atom. The second-order valence-corrected chi connectivity index (χ2v) is 6.19. The molecule has 1 saturated heterocycles. The molecular formula is C15H26N2O. The zero-order valence-electron chi connectivity index (χ0n) is 12.0. The van der Waals surface area contributed by atoms with Crippen LogP contribution in [0.5, 0.6) is 0 Å². The van der Waals surface area contributed by atoms with E-state index in [1.165, 1.54) is 19.3 Å². The first kappa shape index (κ1) is 15.2. The van der Waals surface area contributed by atoms with Gasteiger partial charge in [-0.3, -0.25) is 9.69 Å². The molecule has 1 aliphatic heterocycles. The number of likely N-dealkylation sites (tertiary alicyclic amines) is 1. The Labute approximate surface area is 111 Å². The van der Waals surface area contributed by atoms with Crippen LogP contribution >= 0.6 is 0 Å². The van der Waals surface area contributed by atoms with Gasteiger partial charge in [-0.15, -0.1) is 0 Å². The van der Waals surface area contributed by atoms with Gasteiger partial charge in [-0.05, 0) is 53.1 Å². The molecule has 3 heteroatoms. The summed E-state index contributed by atoms with van der Waals surface area (Å²) in [5, 5.41) is 9.07. The summed E-state index contributed by atoms with van der Waals surface area (Å²) < 4.78 is 0. The minimum atomic E-state index is -0.257. The first-order chi connectivity index (χ1) is 8.44. The zero-order chi connectivity index (χ0) is 13.6. The average molecular weight is 250 g/mol. The normalized spacial score (nSPS) is 22.2. The van der Waals surface area contributed by atoms with Gasteiger partial charge in [0, 0.05) is 12.5 Å². The molecule has 1 heterocycles. The van der Waals surface area contributed by atoms with Gasteiger partial charge in [0.25, 0.3) is 0 Å². The zero-order valence-corrected chi connectivity index (χ0v) is 12.0. The van der Waals surface area contributed by atoms with E-state index < -0.39 is 0 Å². The SMILES string of the molecule is CC(=O)CC1CCCCCN1CCC(C)(C)C#N. The van der Waals surface area contributed by atoms with Crippen molar-refractivity contribution in [3.8, 4) is 6.07 Å². The number of carbonyl (C=O) groups is 1. The monoisotopic (exact) mass is 250 g/mol. The molecule has 1 rings (SSSR count). The van der Waals surface area contributed by atoms with Crippen LogP contribution in [-0.2, 0) is 4.79 Å². The van der Waals surface area contributed by atoms with E-state index in [-0.39, 0.29) is 11.2 Å². The first-order valence-electron chi connectivity index (χ1n) is 7.09. The second-order valence-electron chi connectivity index (χ2n) is 6.19. The largest absolute Gasteiger partial charge is 0.300 e. The van der Waals surface area contributed by atoms with Crippen LogP contribution in [0.25, 0.3) is 0 Å². The van der Waals surface area contributed by atoms with E-state index in [2.05, 4.69) is 11.0 Å². The summed E-state index contributed by atoms with van der Waals surface area (Å²) in [5.41, 5.74) is -0.257. The number of hydrogen-bond donors (Lipinski definition) is 0. The van der Waals surface area contributed by atoms with Gasteiger partial charge in [0.15, 0.2) is 0 Å². The van der Waals surface area contributed by atoms with Crippen molar-refractivity contribution >= 4 is 5.78 Å². The molecule has 1 aliphatic rings. The van der Waals surface area contributed by atoms with Gasteiger partial charge in [0.05, 0.1) is 11.5 Å². The fourth-order valence-electron chi connectivity index (χ4n) is 2.57. The van der Waals surface area contributed by atoms with E-state index in [1.807, 2.05) is 13.8 Å². The third-order valence-corrected chi connectivity index (χ3v) is 3.85. The number of ketones is 1. The number of Topliss-reactive ketones (excluding diaryl/α,β-unsaturated/α-hetero) is 1. The van der Waals surface area contributed by atoms with E-state index in [0.29, 0.717) is 12.5 Å². The first-order valence-corrected chi connectivity index (χ1v) is 7.09. The maximum absolute atomic E-state index is 11.3. The molecule has 1 atom stereocenters. The number of hydrogen-bond acceptors (Lipinski definition) is 3. The van der Waals surface area contributed by atoms with Crippen molar-refractivity contribution in [1.29, 1.82) is 5.26 Å². The van der Waals surface area contributed by atoms with Crippen molar-refractivity contribution in [2.24, 2.45) is 5.41 Å². The molecular weight excluding hydrogens is 224 g/mol. The van der Waals surface area contributed by atoms with Crippen molar-refractivity contribution in [3.05, 3.63) is 0 Å². The van der Waals surface area contributed by atoms with E-state index in [4.69, 9.17) is 5.26 Å². The molecule has 0 amide bonds. The Kier molecular flexibility index (Phi) is 5.81. The van der Waals surface area contributed by atoms with Gasteiger partial charge in [0.2, 0.25) is 0 Å². The highest BCUT2D eigenvalue weighted by molar-refractivity contribution is 5.76. The molecule has 0 saturated carbocycles. The standard InChI is InChI=1S/C15H26N2O/c1-13(18)11-14-7-5-4-6-9-17(14)10-8-15(2,3)12-16/h14H,4-11H2,1-3H3. The van der Waals surface area contributed by atoms with Crippen LogP contribution in [0.2, 0.25) is 0 Å². The fraction of sp³-hybridized carbons (Fsp3) is 0.867. The molecule has 1 fully saturated rings. The lowest BCUT2D eigenvalue weighted by atomic mass is 9.91. The predicted molar refractivity (Wildman–Crippen MR) is 73.1 cm³/mol. The quantitative estimate of drug-likeness (QED) is 0.753. The third-order valence-electron chi connectivity index (χ3n) is 3.85. The van der Waals surface area contributed by atoms with Crippen LogP contribution in [0.4, 0.5) is 0 Å². The average Bonchev–Trinajstić information content (AvgIpc) is 2.51. The lowest BCUT2D eigenvalue weighted by Crippen LogP contribution is -2.38. The van der Waals surface area contributed by atoms with Gasteiger partial charge in [0.1, 0.15) is 5.78 Å². The Balaban J connectivity index is 2.57. The lowest BCUT2D eigenvalue weighted by Gasteiger charge is -2.31. The van der Waals surface area contributed by atoms with Gasteiger partial charge in [-0.1, -0.05) is 12.8 Å². The van der Waals surface area contributed by atoms with Crippen molar-refractivity contribution in [2.75, 3.05) is 13.1 Å². The topological polar surface area (TPSA) is 44.1 Å². The Morgan fingerprint density at radius 2 is 2.11 bits per heavy atom. The minimum absolute atomic E-state index is 0.257. The highest BCUT2D eigenvalue weighted by Crippen LogP contribution is 2.24. The summed E-state index contributed by atoms with van der Waals surface area (Å²) in [7, 11) is 0. The molecule has 3 nitrogen and oxygen atoms in total. The molecule has 0 N–H and O–H groups in total. The highest BCUT2D eigenvalue weighted by Gasteiger charge is 2.25. The van der Waals surface area contributed by atoms with Crippen molar-refractivity contribution in [2.45, 2.75) is 65.3 Å². The van der Waals surface area contributed by atoms with E-state index in [0.717, 1.165) is 25.9 Å². The smallest absolute Gasteiger partial charge is 0.131 e. The fourth-order valence-corrected chi connectivity index (χ4v) is 2.57. The van der Waals surface area contributed by atoms with Crippen LogP contribution < -0.4 is 0 Å². The van der Waals surface area contributed by atoms with Crippen molar-refractivity contribution in [1.82, 2.24) is 4.90 Å². The summed E-state index contributed by atoms with van der Waals surface area (Å²) in [6, 6.07) is 2.76. The summed E-state index contributed by atoms with van der Waals surface area (Å²) in [6.07, 6.45) is 6.42. The maximum atomic E-state index is 11.3. The highest BCUT2D eigenvalue weighted by atomic mass is 16.1. The summed E-state index contributed by atoms with van der Waals surface area (Å²) in [4.78, 5) is 13.8. The summed E-state index contributed by atoms with van der Waals surface area (Å²) in [6.45, 7) is 7.69. The van der Waals surface area contributed by atoms with Crippen LogP contribution in [0.3, 0.4) is 0 Å². The number of nitrogens with zero attached hydrogens (tertiary/aromatic N) is 2. The molecule has 0 spiro atoms. The van der Waals surface area contributed by atoms with Gasteiger partial charge >= 0.3 is 0 Å². The molecule has 0 aromatic carbocycles. The van der Waals surface area contributed by atoms with Crippen molar-refractivity contribution in [3.63, 3.8) is 0 Å². The number of carbonyl (C=O) groups excluding carboxylic acids is 1. The summed E-state index contributed by atoms with van der Waals surface area (Å²) in [5.74, 6) is 0.284. The lowest BCUT2D eigenvalue weighted by molar-refractivity contribution is -0.118. The minimum Gasteiger partial charge on any atom is -0.300 e. The third kappa shape index (κ3) is 5.18. The van der Waals surface area contributed by atoms with Crippen LogP contribution in [0, 0.1) is 16.7 Å². The van der Waals surface area contributed by atoms with Crippen molar-refractivity contribution < 1.29 is 4.79 Å². The van der Waals surface area contributed by atoms with Crippen LogP contribution in [-0.4, -0.2) is 29.8 Å². The van der Waals surface area contributed by atoms with Crippen LogP contribution in [0.1, 0.15) is 59.3 Å².